The third-order valence-corrected chi connectivity index (χ3v) is 4.21. The van der Waals surface area contributed by atoms with E-state index in [1.807, 2.05) is 50.4 Å². The second kappa shape index (κ2) is 12.5. The Bertz CT molecular complexity index is 721. The number of ether oxygens (including phenoxy) is 1. The molecule has 0 radical (unpaired) electrons. The molecule has 0 aliphatic heterocycles. The Hall–Kier alpha value is -2.88. The van der Waals surface area contributed by atoms with Gasteiger partial charge in [-0.1, -0.05) is 45.4 Å². The third kappa shape index (κ3) is 6.69. The molecule has 0 bridgehead atoms. The van der Waals surface area contributed by atoms with Gasteiger partial charge in [-0.25, -0.2) is 4.98 Å². The zero-order valence-corrected chi connectivity index (χ0v) is 17.2. The second-order valence-corrected chi connectivity index (χ2v) is 6.15. The molecule has 0 spiro atoms. The van der Waals surface area contributed by atoms with Gasteiger partial charge in [0.2, 0.25) is 0 Å². The van der Waals surface area contributed by atoms with Crippen molar-refractivity contribution in [2.45, 2.75) is 40.0 Å². The lowest BCUT2D eigenvalue weighted by Crippen LogP contribution is -2.24. The maximum Gasteiger partial charge on any atom is 0.133 e. The Morgan fingerprint density at radius 3 is 2.39 bits per heavy atom. The standard InChI is InChI=1S/C22H25N3O.C2H6/c1-2-3-7-19-10-12-21(13-11-19)26-17-16-25(20-8-6-14-23-18-20)22-9-4-5-15-24-22;1-2/h4-6,8-15,18H,2-3,7,16-17H2,1H3;1-2H3. The van der Waals surface area contributed by atoms with Crippen LogP contribution in [0.1, 0.15) is 39.2 Å². The molecule has 0 saturated heterocycles. The lowest BCUT2D eigenvalue weighted by Gasteiger charge is -2.23. The largest absolute Gasteiger partial charge is 0.492 e. The van der Waals surface area contributed by atoms with Crippen molar-refractivity contribution in [2.24, 2.45) is 0 Å². The Morgan fingerprint density at radius 2 is 1.75 bits per heavy atom. The molecule has 0 unspecified atom stereocenters. The first kappa shape index (κ1) is 21.4. The van der Waals surface area contributed by atoms with E-state index < -0.39 is 0 Å². The van der Waals surface area contributed by atoms with E-state index in [1.165, 1.54) is 18.4 Å². The second-order valence-electron chi connectivity index (χ2n) is 6.15. The number of benzene rings is 1. The van der Waals surface area contributed by atoms with Crippen molar-refractivity contribution in [3.8, 4) is 5.75 Å². The fourth-order valence-electron chi connectivity index (χ4n) is 2.79. The molecule has 4 nitrogen and oxygen atoms in total. The summed E-state index contributed by atoms with van der Waals surface area (Å²) in [5.74, 6) is 1.79. The van der Waals surface area contributed by atoms with Gasteiger partial charge in [-0.2, -0.15) is 0 Å². The highest BCUT2D eigenvalue weighted by atomic mass is 16.5. The molecule has 0 aliphatic carbocycles. The smallest absolute Gasteiger partial charge is 0.133 e. The maximum atomic E-state index is 5.95. The third-order valence-electron chi connectivity index (χ3n) is 4.21. The molecule has 0 aliphatic rings. The van der Waals surface area contributed by atoms with E-state index in [4.69, 9.17) is 4.74 Å². The van der Waals surface area contributed by atoms with E-state index >= 15 is 0 Å². The van der Waals surface area contributed by atoms with Gasteiger partial charge in [0.1, 0.15) is 18.2 Å². The molecule has 148 valence electrons. The van der Waals surface area contributed by atoms with Crippen LogP contribution in [0, 0.1) is 0 Å². The predicted molar refractivity (Wildman–Crippen MR) is 117 cm³/mol. The minimum Gasteiger partial charge on any atom is -0.492 e. The Morgan fingerprint density at radius 1 is 0.929 bits per heavy atom. The lowest BCUT2D eigenvalue weighted by molar-refractivity contribution is 0.327. The van der Waals surface area contributed by atoms with Crippen LogP contribution in [0.2, 0.25) is 0 Å². The number of hydrogen-bond donors (Lipinski definition) is 0. The Kier molecular flexibility index (Phi) is 9.56. The van der Waals surface area contributed by atoms with Gasteiger partial charge < -0.3 is 9.64 Å². The monoisotopic (exact) mass is 377 g/mol. The number of anilines is 2. The number of rotatable bonds is 9. The van der Waals surface area contributed by atoms with Gasteiger partial charge in [0.25, 0.3) is 0 Å². The first-order chi connectivity index (χ1) is 13.9. The molecule has 0 amide bonds. The summed E-state index contributed by atoms with van der Waals surface area (Å²) >= 11 is 0. The fraction of sp³-hybridized carbons (Fsp3) is 0.333. The highest BCUT2D eigenvalue weighted by Crippen LogP contribution is 2.22. The van der Waals surface area contributed by atoms with Crippen molar-refractivity contribution >= 4 is 11.5 Å². The normalized spacial score (nSPS) is 9.96. The van der Waals surface area contributed by atoms with Crippen LogP contribution in [-0.4, -0.2) is 23.1 Å². The van der Waals surface area contributed by atoms with Crippen molar-refractivity contribution in [2.75, 3.05) is 18.1 Å². The van der Waals surface area contributed by atoms with Gasteiger partial charge in [0.05, 0.1) is 18.4 Å². The summed E-state index contributed by atoms with van der Waals surface area (Å²) in [6.07, 6.45) is 8.99. The number of aryl methyl sites for hydroxylation is 1. The van der Waals surface area contributed by atoms with Crippen molar-refractivity contribution < 1.29 is 4.74 Å². The van der Waals surface area contributed by atoms with Crippen LogP contribution in [0.4, 0.5) is 11.5 Å². The van der Waals surface area contributed by atoms with Crippen molar-refractivity contribution in [3.63, 3.8) is 0 Å². The van der Waals surface area contributed by atoms with Gasteiger partial charge in [0.15, 0.2) is 0 Å². The van der Waals surface area contributed by atoms with Crippen LogP contribution in [0.25, 0.3) is 0 Å². The van der Waals surface area contributed by atoms with E-state index in [1.54, 1.807) is 12.4 Å². The first-order valence-corrected chi connectivity index (χ1v) is 10.2. The predicted octanol–water partition coefficient (Wildman–Crippen LogP) is 6.06. The van der Waals surface area contributed by atoms with Crippen LogP contribution >= 0.6 is 0 Å². The number of pyridine rings is 2. The number of nitrogens with zero attached hydrogens (tertiary/aromatic N) is 3. The number of hydrogen-bond acceptors (Lipinski definition) is 4. The average molecular weight is 378 g/mol. The molecule has 4 heteroatoms. The summed E-state index contributed by atoms with van der Waals surface area (Å²) in [4.78, 5) is 10.8. The summed E-state index contributed by atoms with van der Waals surface area (Å²) in [7, 11) is 0. The minimum absolute atomic E-state index is 0.569. The summed E-state index contributed by atoms with van der Waals surface area (Å²) in [6.45, 7) is 7.48. The summed E-state index contributed by atoms with van der Waals surface area (Å²) in [5, 5.41) is 0. The van der Waals surface area contributed by atoms with E-state index in [0.717, 1.165) is 23.7 Å². The zero-order valence-electron chi connectivity index (χ0n) is 17.2. The molecule has 3 rings (SSSR count). The molecule has 28 heavy (non-hydrogen) atoms. The van der Waals surface area contributed by atoms with Crippen molar-refractivity contribution in [3.05, 3.63) is 78.8 Å². The van der Waals surface area contributed by atoms with Crippen molar-refractivity contribution in [1.82, 2.24) is 9.97 Å². The zero-order chi connectivity index (χ0) is 20.0. The topological polar surface area (TPSA) is 38.2 Å². The Labute approximate surface area is 169 Å². The van der Waals surface area contributed by atoms with Gasteiger partial charge in [-0.15, -0.1) is 0 Å². The Balaban J connectivity index is 0.00000136. The maximum absolute atomic E-state index is 5.95. The van der Waals surface area contributed by atoms with E-state index in [9.17, 15) is 0 Å². The molecule has 0 fully saturated rings. The van der Waals surface area contributed by atoms with Crippen LogP contribution in [-0.2, 0) is 6.42 Å². The number of unbranched alkanes of at least 4 members (excludes halogenated alkanes) is 1. The lowest BCUT2D eigenvalue weighted by atomic mass is 10.1. The summed E-state index contributed by atoms with van der Waals surface area (Å²) in [5.41, 5.74) is 2.37. The molecule has 0 atom stereocenters. The molecular formula is C24H31N3O. The fourth-order valence-corrected chi connectivity index (χ4v) is 2.79. The van der Waals surface area contributed by atoms with Gasteiger partial charge >= 0.3 is 0 Å². The summed E-state index contributed by atoms with van der Waals surface area (Å²) in [6, 6.07) is 18.3. The molecule has 2 aromatic heterocycles. The highest BCUT2D eigenvalue weighted by molar-refractivity contribution is 5.58. The molecule has 1 aromatic carbocycles. The first-order valence-electron chi connectivity index (χ1n) is 10.2. The van der Waals surface area contributed by atoms with Gasteiger partial charge in [0, 0.05) is 12.4 Å². The van der Waals surface area contributed by atoms with E-state index in [0.29, 0.717) is 13.2 Å². The molecular weight excluding hydrogens is 346 g/mol. The van der Waals surface area contributed by atoms with Crippen LogP contribution in [0.5, 0.6) is 5.75 Å². The molecule has 0 saturated carbocycles. The van der Waals surface area contributed by atoms with E-state index in [2.05, 4.69) is 46.1 Å². The molecule has 2 heterocycles. The quantitative estimate of drug-likeness (QED) is 0.454. The van der Waals surface area contributed by atoms with Gasteiger partial charge in [-0.3, -0.25) is 4.98 Å². The van der Waals surface area contributed by atoms with Crippen molar-refractivity contribution in [1.29, 1.82) is 0 Å². The molecule has 0 N–H and O–H groups in total. The van der Waals surface area contributed by atoms with Crippen LogP contribution in [0.15, 0.2) is 73.2 Å². The van der Waals surface area contributed by atoms with Crippen LogP contribution in [0.3, 0.4) is 0 Å². The molecule has 3 aromatic rings. The summed E-state index contributed by atoms with van der Waals surface area (Å²) < 4.78 is 5.95. The van der Waals surface area contributed by atoms with E-state index in [-0.39, 0.29) is 0 Å². The van der Waals surface area contributed by atoms with Crippen LogP contribution < -0.4 is 9.64 Å². The highest BCUT2D eigenvalue weighted by Gasteiger charge is 2.10. The minimum atomic E-state index is 0.569. The SMILES string of the molecule is CC.CCCCc1ccc(OCCN(c2cccnc2)c2ccccn2)cc1. The number of aromatic nitrogens is 2. The average Bonchev–Trinajstić information content (AvgIpc) is 2.79. The van der Waals surface area contributed by atoms with Gasteiger partial charge in [-0.05, 0) is 54.8 Å².